The average molecular weight is 183 g/mol. The first-order valence-corrected chi connectivity index (χ1v) is 4.74. The first kappa shape index (κ1) is 11.1. The molecule has 0 aliphatic rings. The molecule has 5 nitrogen and oxygen atoms in total. The quantitative estimate of drug-likeness (QED) is 0.355. The Morgan fingerprint density at radius 1 is 1.27 bits per heavy atom. The van der Waals surface area contributed by atoms with E-state index in [0.717, 1.165) is 0 Å². The topological polar surface area (TPSA) is 54.0 Å². The summed E-state index contributed by atoms with van der Waals surface area (Å²) in [4.78, 5) is 8.43. The summed E-state index contributed by atoms with van der Waals surface area (Å²) in [6.45, 7) is 3.49. The van der Waals surface area contributed by atoms with Gasteiger partial charge in [0.15, 0.2) is 0 Å². The van der Waals surface area contributed by atoms with Crippen LogP contribution in [0.3, 0.4) is 0 Å². The Morgan fingerprint density at radius 2 is 1.73 bits per heavy atom. The molecule has 0 fully saturated rings. The molecule has 0 aromatic carbocycles. The molecule has 0 N–H and O–H groups in total. The zero-order valence-electron chi connectivity index (χ0n) is 6.61. The molecule has 0 amide bonds. The fourth-order valence-corrected chi connectivity index (χ4v) is 1.52. The maximum Gasteiger partial charge on any atom is 0.384 e. The van der Waals surface area contributed by atoms with Crippen molar-refractivity contribution in [2.24, 2.45) is 0 Å². The Hall–Kier alpha value is 0.0700. The van der Waals surface area contributed by atoms with Crippen molar-refractivity contribution in [2.75, 3.05) is 20.4 Å². The highest BCUT2D eigenvalue weighted by atomic mass is 31.2. The lowest BCUT2D eigenvalue weighted by Gasteiger charge is -2.11. The second kappa shape index (κ2) is 5.69. The molecule has 0 saturated heterocycles. The van der Waals surface area contributed by atoms with Gasteiger partial charge in [0.2, 0.25) is 0 Å². The van der Waals surface area contributed by atoms with E-state index in [1.54, 1.807) is 0 Å². The monoisotopic (exact) mass is 183 g/mol. The highest BCUT2D eigenvalue weighted by Crippen LogP contribution is 2.48. The van der Waals surface area contributed by atoms with Gasteiger partial charge >= 0.3 is 7.60 Å². The van der Waals surface area contributed by atoms with Crippen LogP contribution in [0.1, 0.15) is 6.42 Å². The Morgan fingerprint density at radius 3 is 2.00 bits per heavy atom. The second-order valence-electron chi connectivity index (χ2n) is 1.67. The Balaban J connectivity index is 3.91. The minimum atomic E-state index is -3.23. The number of hydrogen-bond acceptors (Lipinski definition) is 5. The Bertz CT molecular complexity index is 113. The van der Waals surface area contributed by atoms with Gasteiger partial charge in [-0.1, -0.05) is 6.92 Å². The molecule has 11 heavy (non-hydrogen) atoms. The molecule has 0 aromatic heterocycles. The molecule has 0 bridgehead atoms. The van der Waals surface area contributed by atoms with Crippen LogP contribution in [-0.2, 0) is 23.7 Å². The van der Waals surface area contributed by atoms with E-state index in [1.807, 2.05) is 0 Å². The lowest BCUT2D eigenvalue weighted by molar-refractivity contribution is -0.242. The summed E-state index contributed by atoms with van der Waals surface area (Å²) < 4.78 is 20.0. The molecule has 0 aromatic rings. The Kier molecular flexibility index (Phi) is 5.72. The van der Waals surface area contributed by atoms with Gasteiger partial charge in [-0.3, -0.25) is 4.57 Å². The number of rotatable bonds is 6. The molecular weight excluding hydrogens is 171 g/mol. The van der Waals surface area contributed by atoms with E-state index in [4.69, 9.17) is 0 Å². The van der Waals surface area contributed by atoms with Gasteiger partial charge in [0.1, 0.15) is 0 Å². The van der Waals surface area contributed by atoms with Gasteiger partial charge in [0.05, 0.1) is 20.4 Å². The van der Waals surface area contributed by atoms with Gasteiger partial charge in [0, 0.05) is 0 Å². The fraction of sp³-hybridized carbons (Fsp3) is 0.800. The lowest BCUT2D eigenvalue weighted by atomic mass is 10.6. The van der Waals surface area contributed by atoms with Crippen molar-refractivity contribution in [3.8, 4) is 0 Å². The second-order valence-corrected chi connectivity index (χ2v) is 3.64. The molecule has 0 rings (SSSR count). The third-order valence-corrected chi connectivity index (χ3v) is 2.42. The smallest absolute Gasteiger partial charge is 0.255 e. The fourth-order valence-electron chi connectivity index (χ4n) is 0.508. The molecule has 67 valence electrons. The van der Waals surface area contributed by atoms with Crippen LogP contribution in [0, 0.1) is 6.92 Å². The van der Waals surface area contributed by atoms with Crippen molar-refractivity contribution in [2.45, 2.75) is 6.42 Å². The van der Waals surface area contributed by atoms with E-state index < -0.39 is 7.60 Å². The molecule has 0 spiro atoms. The summed E-state index contributed by atoms with van der Waals surface area (Å²) >= 11 is 0. The van der Waals surface area contributed by atoms with E-state index in [1.165, 1.54) is 14.2 Å². The van der Waals surface area contributed by atoms with E-state index in [2.05, 4.69) is 26.0 Å². The van der Waals surface area contributed by atoms with Crippen LogP contribution in [0.25, 0.3) is 0 Å². The first-order chi connectivity index (χ1) is 5.18. The molecular formula is C5H12O5P. The van der Waals surface area contributed by atoms with E-state index in [9.17, 15) is 4.57 Å². The highest BCUT2D eigenvalue weighted by Gasteiger charge is 2.25. The van der Waals surface area contributed by atoms with E-state index in [-0.39, 0.29) is 6.16 Å². The molecule has 6 heteroatoms. The summed E-state index contributed by atoms with van der Waals surface area (Å²) in [5, 5.41) is 0. The molecule has 0 heterocycles. The van der Waals surface area contributed by atoms with Gasteiger partial charge in [-0.05, 0) is 6.42 Å². The van der Waals surface area contributed by atoms with Crippen molar-refractivity contribution in [3.05, 3.63) is 6.92 Å². The summed E-state index contributed by atoms with van der Waals surface area (Å²) in [6, 6.07) is 0. The van der Waals surface area contributed by atoms with Crippen LogP contribution < -0.4 is 0 Å². The predicted molar refractivity (Wildman–Crippen MR) is 38.6 cm³/mol. The predicted octanol–water partition coefficient (Wildman–Crippen LogP) is 1.56. The van der Waals surface area contributed by atoms with Crippen molar-refractivity contribution in [3.63, 3.8) is 0 Å². The summed E-state index contributed by atoms with van der Waals surface area (Å²) in [5.41, 5.74) is 0. The molecule has 1 radical (unpaired) electrons. The minimum Gasteiger partial charge on any atom is -0.255 e. The molecule has 0 unspecified atom stereocenters. The zero-order chi connectivity index (χ0) is 8.74. The lowest BCUT2D eigenvalue weighted by Crippen LogP contribution is -1.98. The Labute approximate surface area is 66.0 Å². The van der Waals surface area contributed by atoms with Crippen molar-refractivity contribution in [1.82, 2.24) is 0 Å². The van der Waals surface area contributed by atoms with Crippen molar-refractivity contribution >= 4 is 7.60 Å². The van der Waals surface area contributed by atoms with Crippen LogP contribution in [0.5, 0.6) is 0 Å². The summed E-state index contributed by atoms with van der Waals surface area (Å²) in [6.07, 6.45) is 0.582. The summed E-state index contributed by atoms with van der Waals surface area (Å²) in [7, 11) is -0.737. The molecule has 0 atom stereocenters. The van der Waals surface area contributed by atoms with Crippen LogP contribution in [0.15, 0.2) is 0 Å². The standard InChI is InChI=1S/C5H12O5P/c1-4-5-11(6,9-7-2)10-8-3/h1,4-5H2,2-3H3. The van der Waals surface area contributed by atoms with Crippen molar-refractivity contribution in [1.29, 1.82) is 0 Å². The zero-order valence-corrected chi connectivity index (χ0v) is 7.50. The molecule has 0 aliphatic heterocycles. The minimum absolute atomic E-state index is 0.161. The molecule has 0 aliphatic carbocycles. The van der Waals surface area contributed by atoms with Crippen LogP contribution in [0.2, 0.25) is 0 Å². The maximum atomic E-state index is 11.3. The maximum absolute atomic E-state index is 11.3. The van der Waals surface area contributed by atoms with Crippen LogP contribution in [0.4, 0.5) is 0 Å². The average Bonchev–Trinajstić information content (AvgIpc) is 1.88. The first-order valence-electron chi connectivity index (χ1n) is 3.01. The SMILES string of the molecule is [CH2]CCP(=O)(OOC)OOC. The molecule has 0 saturated carbocycles. The van der Waals surface area contributed by atoms with Gasteiger partial charge < -0.3 is 0 Å². The van der Waals surface area contributed by atoms with E-state index >= 15 is 0 Å². The normalized spacial score (nSPS) is 11.9. The van der Waals surface area contributed by atoms with Gasteiger partial charge in [-0.15, -0.1) is 9.35 Å². The highest BCUT2D eigenvalue weighted by molar-refractivity contribution is 7.53. The van der Waals surface area contributed by atoms with Crippen molar-refractivity contribution < 1.29 is 23.7 Å². The van der Waals surface area contributed by atoms with Gasteiger partial charge in [-0.25, -0.2) is 9.78 Å². The third kappa shape index (κ3) is 4.50. The van der Waals surface area contributed by atoms with Gasteiger partial charge in [0.25, 0.3) is 0 Å². The van der Waals surface area contributed by atoms with Crippen LogP contribution >= 0.6 is 7.60 Å². The summed E-state index contributed by atoms with van der Waals surface area (Å²) in [5.74, 6) is 0. The largest absolute Gasteiger partial charge is 0.384 e. The van der Waals surface area contributed by atoms with Gasteiger partial charge in [-0.2, -0.15) is 0 Å². The van der Waals surface area contributed by atoms with E-state index in [0.29, 0.717) is 6.42 Å². The van der Waals surface area contributed by atoms with Crippen LogP contribution in [-0.4, -0.2) is 20.4 Å². The number of hydrogen-bond donors (Lipinski definition) is 0. The third-order valence-electron chi connectivity index (χ3n) is 0.808.